The molecule has 0 saturated heterocycles. The van der Waals surface area contributed by atoms with Crippen molar-refractivity contribution in [1.29, 1.82) is 0 Å². The Kier molecular flexibility index (Phi) is 5.29. The van der Waals surface area contributed by atoms with Crippen molar-refractivity contribution in [2.45, 2.75) is 13.0 Å². The van der Waals surface area contributed by atoms with Gasteiger partial charge in [0.05, 0.1) is 19.3 Å². The van der Waals surface area contributed by atoms with Crippen molar-refractivity contribution in [2.75, 3.05) is 13.2 Å². The Morgan fingerprint density at radius 3 is 2.67 bits per heavy atom. The van der Waals surface area contributed by atoms with Crippen molar-refractivity contribution < 1.29 is 22.2 Å². The van der Waals surface area contributed by atoms with Crippen molar-refractivity contribution in [3.8, 4) is 0 Å². The van der Waals surface area contributed by atoms with Crippen LogP contribution in [0.2, 0.25) is 0 Å². The van der Waals surface area contributed by atoms with Crippen molar-refractivity contribution in [3.05, 3.63) is 12.7 Å². The highest BCUT2D eigenvalue weighted by Gasteiger charge is 2.24. The maximum absolute atomic E-state index is 11.7. The van der Waals surface area contributed by atoms with Gasteiger partial charge in [0.25, 0.3) is 0 Å². The quantitative estimate of drug-likeness (QED) is 0.375. The van der Waals surface area contributed by atoms with E-state index >= 15 is 0 Å². The summed E-state index contributed by atoms with van der Waals surface area (Å²) in [5.74, 6) is 0. The summed E-state index contributed by atoms with van der Waals surface area (Å²) in [5, 5.41) is 0. The standard InChI is InChI=1S/C6H11F2O3P/c1-3-4-10-5-6(2)11-12(7,8)9/h3,6H,1,4-5H2,2H3. The Morgan fingerprint density at radius 1 is 1.67 bits per heavy atom. The number of hydrogen-bond acceptors (Lipinski definition) is 3. The van der Waals surface area contributed by atoms with Crippen LogP contribution in [-0.2, 0) is 13.8 Å². The zero-order valence-corrected chi connectivity index (χ0v) is 7.60. The smallest absolute Gasteiger partial charge is 0.375 e. The molecule has 0 spiro atoms. The van der Waals surface area contributed by atoms with Crippen LogP contribution in [0.5, 0.6) is 0 Å². The van der Waals surface area contributed by atoms with Crippen LogP contribution in [0.1, 0.15) is 6.92 Å². The third kappa shape index (κ3) is 7.85. The summed E-state index contributed by atoms with van der Waals surface area (Å²) in [4.78, 5) is 0. The molecule has 0 saturated carbocycles. The topological polar surface area (TPSA) is 35.5 Å². The lowest BCUT2D eigenvalue weighted by Crippen LogP contribution is -2.13. The van der Waals surface area contributed by atoms with Crippen LogP contribution >= 0.6 is 7.99 Å². The number of rotatable bonds is 6. The van der Waals surface area contributed by atoms with E-state index in [0.29, 0.717) is 0 Å². The maximum atomic E-state index is 11.7. The average Bonchev–Trinajstić information content (AvgIpc) is 1.84. The van der Waals surface area contributed by atoms with E-state index in [0.717, 1.165) is 0 Å². The van der Waals surface area contributed by atoms with Gasteiger partial charge < -0.3 is 4.74 Å². The van der Waals surface area contributed by atoms with Crippen molar-refractivity contribution in [1.82, 2.24) is 0 Å². The fraction of sp³-hybridized carbons (Fsp3) is 0.667. The highest BCUT2D eigenvalue weighted by atomic mass is 31.2. The second-order valence-electron chi connectivity index (χ2n) is 2.16. The van der Waals surface area contributed by atoms with Crippen molar-refractivity contribution in [3.63, 3.8) is 0 Å². The van der Waals surface area contributed by atoms with Crippen LogP contribution in [-0.4, -0.2) is 19.3 Å². The van der Waals surface area contributed by atoms with Gasteiger partial charge in [0.15, 0.2) is 0 Å². The van der Waals surface area contributed by atoms with Gasteiger partial charge in [0.2, 0.25) is 0 Å². The summed E-state index contributed by atoms with van der Waals surface area (Å²) in [6, 6.07) is 0. The molecule has 6 heteroatoms. The number of halogens is 2. The van der Waals surface area contributed by atoms with E-state index in [1.54, 1.807) is 0 Å². The average molecular weight is 200 g/mol. The largest absolute Gasteiger partial charge is 0.552 e. The summed E-state index contributed by atoms with van der Waals surface area (Å²) in [6.07, 6.45) is 0.614. The van der Waals surface area contributed by atoms with Gasteiger partial charge in [-0.1, -0.05) is 6.08 Å². The number of hydrogen-bond donors (Lipinski definition) is 0. The third-order valence-electron chi connectivity index (χ3n) is 0.891. The van der Waals surface area contributed by atoms with Crippen LogP contribution < -0.4 is 0 Å². The van der Waals surface area contributed by atoms with E-state index < -0.39 is 14.1 Å². The summed E-state index contributed by atoms with van der Waals surface area (Å²) in [5.41, 5.74) is 0. The lowest BCUT2D eigenvalue weighted by atomic mass is 10.4. The Morgan fingerprint density at radius 2 is 2.25 bits per heavy atom. The molecule has 0 aromatic rings. The summed E-state index contributed by atoms with van der Waals surface area (Å²) in [6.45, 7) is 4.96. The van der Waals surface area contributed by atoms with Gasteiger partial charge in [-0.05, 0) is 6.92 Å². The molecule has 0 radical (unpaired) electrons. The van der Waals surface area contributed by atoms with Crippen molar-refractivity contribution in [2.24, 2.45) is 0 Å². The Hall–Kier alpha value is -0.250. The first kappa shape index (κ1) is 11.8. The van der Waals surface area contributed by atoms with Crippen LogP contribution in [0.4, 0.5) is 8.39 Å². The molecule has 0 N–H and O–H groups in total. The minimum atomic E-state index is -5.38. The first-order valence-corrected chi connectivity index (χ1v) is 4.72. The molecular formula is C6H11F2O3P. The van der Waals surface area contributed by atoms with E-state index in [-0.39, 0.29) is 13.2 Å². The zero-order valence-electron chi connectivity index (χ0n) is 6.70. The molecule has 0 bridgehead atoms. The molecule has 0 fully saturated rings. The van der Waals surface area contributed by atoms with Crippen LogP contribution in [0.3, 0.4) is 0 Å². The Balaban J connectivity index is 3.53. The first-order valence-electron chi connectivity index (χ1n) is 3.32. The fourth-order valence-electron chi connectivity index (χ4n) is 0.557. The lowest BCUT2D eigenvalue weighted by Gasteiger charge is -2.10. The van der Waals surface area contributed by atoms with Gasteiger partial charge in [-0.3, -0.25) is 4.52 Å². The molecule has 0 aliphatic carbocycles. The van der Waals surface area contributed by atoms with Gasteiger partial charge in [0, 0.05) is 0 Å². The van der Waals surface area contributed by atoms with Gasteiger partial charge in [-0.15, -0.1) is 15.0 Å². The number of ether oxygens (including phenoxy) is 1. The molecule has 72 valence electrons. The molecule has 0 heterocycles. The minimum Gasteiger partial charge on any atom is -0.375 e. The van der Waals surface area contributed by atoms with Crippen molar-refractivity contribution >= 4 is 7.99 Å². The van der Waals surface area contributed by atoms with E-state index in [2.05, 4.69) is 11.1 Å². The first-order chi connectivity index (χ1) is 5.45. The molecule has 3 nitrogen and oxygen atoms in total. The maximum Gasteiger partial charge on any atom is 0.552 e. The van der Waals surface area contributed by atoms with E-state index in [4.69, 9.17) is 4.74 Å². The Bertz CT molecular complexity index is 180. The second-order valence-corrected chi connectivity index (χ2v) is 3.20. The van der Waals surface area contributed by atoms with Gasteiger partial charge >= 0.3 is 7.99 Å². The molecule has 0 aliphatic rings. The van der Waals surface area contributed by atoms with Gasteiger partial charge in [-0.25, -0.2) is 4.57 Å². The normalized spacial score (nSPS) is 14.2. The van der Waals surface area contributed by atoms with Gasteiger partial charge in [-0.2, -0.15) is 0 Å². The minimum absolute atomic E-state index is 0.0240. The summed E-state index contributed by atoms with van der Waals surface area (Å²) < 4.78 is 41.9. The molecule has 1 unspecified atom stereocenters. The van der Waals surface area contributed by atoms with E-state index in [9.17, 15) is 13.0 Å². The molecule has 0 amide bonds. The molecule has 12 heavy (non-hydrogen) atoms. The second kappa shape index (κ2) is 5.41. The van der Waals surface area contributed by atoms with Crippen LogP contribution in [0.15, 0.2) is 12.7 Å². The van der Waals surface area contributed by atoms with Gasteiger partial charge in [0.1, 0.15) is 0 Å². The predicted octanol–water partition coefficient (Wildman–Crippen LogP) is 2.64. The SMILES string of the molecule is C=CCOCC(C)OP(=O)(F)F. The van der Waals surface area contributed by atoms with E-state index in [1.165, 1.54) is 13.0 Å². The molecule has 0 rings (SSSR count). The molecular weight excluding hydrogens is 189 g/mol. The summed E-state index contributed by atoms with van der Waals surface area (Å²) in [7, 11) is -5.38. The highest BCUT2D eigenvalue weighted by Crippen LogP contribution is 2.51. The molecule has 0 aliphatic heterocycles. The molecule has 1 atom stereocenters. The monoisotopic (exact) mass is 200 g/mol. The summed E-state index contributed by atoms with van der Waals surface area (Å²) >= 11 is 0. The Labute approximate surface area is 70.1 Å². The van der Waals surface area contributed by atoms with Crippen LogP contribution in [0, 0.1) is 0 Å². The zero-order chi connectivity index (χ0) is 9.61. The highest BCUT2D eigenvalue weighted by molar-refractivity contribution is 7.47. The lowest BCUT2D eigenvalue weighted by molar-refractivity contribution is 0.0650. The van der Waals surface area contributed by atoms with E-state index in [1.807, 2.05) is 0 Å². The molecule has 0 aromatic heterocycles. The predicted molar refractivity (Wildman–Crippen MR) is 41.4 cm³/mol. The third-order valence-corrected chi connectivity index (χ3v) is 1.50. The fourth-order valence-corrected chi connectivity index (χ4v) is 1.04. The molecule has 0 aromatic carbocycles. The van der Waals surface area contributed by atoms with Crippen LogP contribution in [0.25, 0.3) is 0 Å².